The Morgan fingerprint density at radius 2 is 2.28 bits per heavy atom. The fourth-order valence-electron chi connectivity index (χ4n) is 3.09. The SMILES string of the molecule is C[Si](C)(C)CCOCn1ccc2c(N[C@@H]3CCCNC3)c(Br)cnc21. The van der Waals surface area contributed by atoms with Gasteiger partial charge in [0.25, 0.3) is 0 Å². The standard InChI is InChI=1S/C18H29BrN4OSi/c1-25(2,3)10-9-24-13-23-8-6-15-17(16(19)12-21-18(15)23)22-14-5-4-7-20-11-14/h6,8,12,14,20H,4-5,7,9-11,13H2,1-3H3,(H,21,22)/t14-/m1/s1. The van der Waals surface area contributed by atoms with E-state index in [1.54, 1.807) is 0 Å². The lowest BCUT2D eigenvalue weighted by Crippen LogP contribution is -2.38. The molecule has 2 aromatic heterocycles. The molecular formula is C18H29BrN4OSi. The van der Waals surface area contributed by atoms with Crippen molar-refractivity contribution in [3.05, 3.63) is 22.9 Å². The fraction of sp³-hybridized carbons (Fsp3) is 0.611. The second-order valence-electron chi connectivity index (χ2n) is 8.04. The molecule has 0 amide bonds. The molecule has 1 fully saturated rings. The Morgan fingerprint density at radius 3 is 3.00 bits per heavy atom. The van der Waals surface area contributed by atoms with Gasteiger partial charge in [0.05, 0.1) is 10.2 Å². The van der Waals surface area contributed by atoms with Crippen LogP contribution in [0.25, 0.3) is 11.0 Å². The summed E-state index contributed by atoms with van der Waals surface area (Å²) in [4.78, 5) is 4.61. The highest BCUT2D eigenvalue weighted by Crippen LogP contribution is 2.31. The van der Waals surface area contributed by atoms with E-state index < -0.39 is 8.07 Å². The van der Waals surface area contributed by atoms with E-state index in [0.29, 0.717) is 12.8 Å². The first-order valence-corrected chi connectivity index (χ1v) is 13.6. The number of rotatable bonds is 7. The van der Waals surface area contributed by atoms with Gasteiger partial charge in [0.2, 0.25) is 0 Å². The molecule has 7 heteroatoms. The second kappa shape index (κ2) is 8.20. The Morgan fingerprint density at radius 1 is 1.44 bits per heavy atom. The summed E-state index contributed by atoms with van der Waals surface area (Å²) < 4.78 is 9.01. The monoisotopic (exact) mass is 424 g/mol. The zero-order valence-corrected chi connectivity index (χ0v) is 18.0. The molecule has 3 rings (SSSR count). The molecule has 0 saturated carbocycles. The highest BCUT2D eigenvalue weighted by Gasteiger charge is 2.17. The molecule has 0 radical (unpaired) electrons. The molecule has 0 aromatic carbocycles. The van der Waals surface area contributed by atoms with Gasteiger partial charge in [-0.15, -0.1) is 0 Å². The number of ether oxygens (including phenoxy) is 1. The van der Waals surface area contributed by atoms with Crippen molar-refractivity contribution in [2.24, 2.45) is 0 Å². The molecular weight excluding hydrogens is 396 g/mol. The van der Waals surface area contributed by atoms with Gasteiger partial charge >= 0.3 is 0 Å². The molecule has 0 unspecified atom stereocenters. The summed E-state index contributed by atoms with van der Waals surface area (Å²) in [5.74, 6) is 0. The van der Waals surface area contributed by atoms with Gasteiger partial charge in [0.15, 0.2) is 0 Å². The predicted molar refractivity (Wildman–Crippen MR) is 111 cm³/mol. The largest absolute Gasteiger partial charge is 0.379 e. The molecule has 1 saturated heterocycles. The summed E-state index contributed by atoms with van der Waals surface area (Å²) in [6.07, 6.45) is 6.38. The van der Waals surface area contributed by atoms with Crippen LogP contribution < -0.4 is 10.6 Å². The number of piperidine rings is 1. The van der Waals surface area contributed by atoms with Gasteiger partial charge in [-0.05, 0) is 47.4 Å². The zero-order chi connectivity index (χ0) is 17.9. The smallest absolute Gasteiger partial charge is 0.143 e. The molecule has 1 aliphatic heterocycles. The van der Waals surface area contributed by atoms with E-state index in [0.717, 1.165) is 40.9 Å². The maximum absolute atomic E-state index is 5.90. The first kappa shape index (κ1) is 18.9. The summed E-state index contributed by atoms with van der Waals surface area (Å²) >= 11 is 3.66. The number of aromatic nitrogens is 2. The number of pyridine rings is 1. The van der Waals surface area contributed by atoms with Crippen molar-refractivity contribution in [3.8, 4) is 0 Å². The predicted octanol–water partition coefficient (Wildman–Crippen LogP) is 4.28. The topological polar surface area (TPSA) is 51.1 Å². The summed E-state index contributed by atoms with van der Waals surface area (Å²) in [7, 11) is -1.05. The minimum absolute atomic E-state index is 0.465. The fourth-order valence-corrected chi connectivity index (χ4v) is 4.27. The van der Waals surface area contributed by atoms with Crippen LogP contribution in [0, 0.1) is 0 Å². The van der Waals surface area contributed by atoms with Crippen LogP contribution >= 0.6 is 15.9 Å². The third-order valence-electron chi connectivity index (χ3n) is 4.61. The Kier molecular flexibility index (Phi) is 6.20. The highest BCUT2D eigenvalue weighted by molar-refractivity contribution is 9.10. The lowest BCUT2D eigenvalue weighted by atomic mass is 10.1. The molecule has 3 heterocycles. The van der Waals surface area contributed by atoms with Crippen molar-refractivity contribution in [1.82, 2.24) is 14.9 Å². The molecule has 0 aliphatic carbocycles. The van der Waals surface area contributed by atoms with E-state index in [1.807, 2.05) is 6.20 Å². The number of anilines is 1. The average molecular weight is 425 g/mol. The third kappa shape index (κ3) is 5.06. The summed E-state index contributed by atoms with van der Waals surface area (Å²) in [6, 6.07) is 3.78. The molecule has 138 valence electrons. The lowest BCUT2D eigenvalue weighted by Gasteiger charge is -2.25. The van der Waals surface area contributed by atoms with Crippen molar-refractivity contribution < 1.29 is 4.74 Å². The van der Waals surface area contributed by atoms with Gasteiger partial charge in [0.1, 0.15) is 12.4 Å². The summed E-state index contributed by atoms with van der Waals surface area (Å²) in [6.45, 7) is 10.6. The van der Waals surface area contributed by atoms with Crippen molar-refractivity contribution in [2.45, 2.75) is 51.3 Å². The van der Waals surface area contributed by atoms with Crippen LogP contribution in [0.5, 0.6) is 0 Å². The number of nitrogens with one attached hydrogen (secondary N) is 2. The van der Waals surface area contributed by atoms with Crippen LogP contribution in [0.1, 0.15) is 12.8 Å². The maximum Gasteiger partial charge on any atom is 0.143 e. The van der Waals surface area contributed by atoms with E-state index in [-0.39, 0.29) is 0 Å². The number of halogens is 1. The van der Waals surface area contributed by atoms with Crippen LogP contribution in [0.4, 0.5) is 5.69 Å². The van der Waals surface area contributed by atoms with E-state index in [2.05, 4.69) is 68.0 Å². The van der Waals surface area contributed by atoms with Gasteiger partial charge < -0.3 is 19.9 Å². The summed E-state index contributed by atoms with van der Waals surface area (Å²) in [5, 5.41) is 8.30. The van der Waals surface area contributed by atoms with Gasteiger partial charge in [0, 0.05) is 45.0 Å². The Hall–Kier alpha value is -0.893. The molecule has 0 spiro atoms. The maximum atomic E-state index is 5.90. The Balaban J connectivity index is 1.71. The molecule has 25 heavy (non-hydrogen) atoms. The van der Waals surface area contributed by atoms with Gasteiger partial charge in [-0.2, -0.15) is 0 Å². The summed E-state index contributed by atoms with van der Waals surface area (Å²) in [5.41, 5.74) is 2.11. The Bertz CT molecular complexity index is 707. The van der Waals surface area contributed by atoms with Crippen molar-refractivity contribution >= 4 is 40.7 Å². The minimum atomic E-state index is -1.05. The number of hydrogen-bond acceptors (Lipinski definition) is 4. The molecule has 1 aliphatic rings. The quantitative estimate of drug-likeness (QED) is 0.514. The first-order chi connectivity index (χ1) is 11.9. The van der Waals surface area contributed by atoms with Crippen molar-refractivity contribution in [1.29, 1.82) is 0 Å². The van der Waals surface area contributed by atoms with Crippen molar-refractivity contribution in [3.63, 3.8) is 0 Å². The van der Waals surface area contributed by atoms with Gasteiger partial charge in [-0.25, -0.2) is 4.98 Å². The second-order valence-corrected chi connectivity index (χ2v) is 14.5. The normalized spacial score (nSPS) is 18.6. The first-order valence-electron chi connectivity index (χ1n) is 9.12. The van der Waals surface area contributed by atoms with Crippen LogP contribution in [-0.2, 0) is 11.5 Å². The number of nitrogens with zero attached hydrogens (tertiary/aromatic N) is 2. The minimum Gasteiger partial charge on any atom is -0.379 e. The number of hydrogen-bond donors (Lipinski definition) is 2. The van der Waals surface area contributed by atoms with Crippen LogP contribution in [-0.4, -0.2) is 43.4 Å². The van der Waals surface area contributed by atoms with E-state index in [9.17, 15) is 0 Å². The van der Waals surface area contributed by atoms with Crippen molar-refractivity contribution in [2.75, 3.05) is 25.0 Å². The van der Waals surface area contributed by atoms with Gasteiger partial charge in [-0.3, -0.25) is 0 Å². The molecule has 2 aromatic rings. The lowest BCUT2D eigenvalue weighted by molar-refractivity contribution is 0.0899. The molecule has 1 atom stereocenters. The van der Waals surface area contributed by atoms with Gasteiger partial charge in [-0.1, -0.05) is 19.6 Å². The molecule has 0 bridgehead atoms. The van der Waals surface area contributed by atoms with Crippen LogP contribution in [0.2, 0.25) is 25.7 Å². The van der Waals surface area contributed by atoms with E-state index >= 15 is 0 Å². The average Bonchev–Trinajstić information content (AvgIpc) is 2.98. The van der Waals surface area contributed by atoms with Crippen LogP contribution in [0.3, 0.4) is 0 Å². The van der Waals surface area contributed by atoms with E-state index in [4.69, 9.17) is 4.74 Å². The van der Waals surface area contributed by atoms with E-state index in [1.165, 1.54) is 18.9 Å². The molecule has 5 nitrogen and oxygen atoms in total. The van der Waals surface area contributed by atoms with Crippen LogP contribution in [0.15, 0.2) is 22.9 Å². The molecule has 2 N–H and O–H groups in total. The zero-order valence-electron chi connectivity index (χ0n) is 15.4. The highest BCUT2D eigenvalue weighted by atomic mass is 79.9. The number of fused-ring (bicyclic) bond motifs is 1. The third-order valence-corrected chi connectivity index (χ3v) is 6.92. The Labute approximate surface area is 159 Å².